The zero-order chi connectivity index (χ0) is 14.9. The number of likely N-dealkylation sites (N-methyl/N-ethyl adjacent to an activating group) is 1. The lowest BCUT2D eigenvalue weighted by Gasteiger charge is -2.25. The topological polar surface area (TPSA) is 44.4 Å². The van der Waals surface area contributed by atoms with E-state index in [2.05, 4.69) is 46.5 Å². The lowest BCUT2D eigenvalue weighted by molar-refractivity contribution is -0.123. The molecule has 1 saturated heterocycles. The Hall–Kier alpha value is -0.330. The average Bonchev–Trinajstić information content (AvgIpc) is 2.91. The Bertz CT molecular complexity index is 490. The molecule has 1 saturated carbocycles. The van der Waals surface area contributed by atoms with E-state index in [0.717, 1.165) is 32.4 Å². The third-order valence-electron chi connectivity index (χ3n) is 5.13. The maximum atomic E-state index is 12.4. The summed E-state index contributed by atoms with van der Waals surface area (Å²) in [7, 11) is 4.14. The second-order valence-corrected chi connectivity index (χ2v) is 7.43. The fourth-order valence-electron chi connectivity index (χ4n) is 3.58. The molecule has 2 aliphatic rings. The molecule has 2 N–H and O–H groups in total. The molecule has 0 radical (unpaired) electrons. The van der Waals surface area contributed by atoms with Gasteiger partial charge >= 0.3 is 0 Å². The van der Waals surface area contributed by atoms with Gasteiger partial charge in [0.2, 0.25) is 5.91 Å². The van der Waals surface area contributed by atoms with Gasteiger partial charge in [0.15, 0.2) is 0 Å². The first kappa shape index (κ1) is 20.7. The van der Waals surface area contributed by atoms with E-state index in [4.69, 9.17) is 0 Å². The van der Waals surface area contributed by atoms with E-state index in [1.807, 2.05) is 0 Å². The third kappa shape index (κ3) is 4.60. The maximum absolute atomic E-state index is 12.4. The van der Waals surface area contributed by atoms with Gasteiger partial charge in [-0.1, -0.05) is 0 Å². The molecule has 4 nitrogen and oxygen atoms in total. The molecule has 1 amide bonds. The van der Waals surface area contributed by atoms with Crippen LogP contribution in [-0.2, 0) is 4.79 Å². The SMILES string of the molecule is CN(C)C(CNC(=O)C1CC12CCNCC2)c1ccsc1.Cl.Cl. The van der Waals surface area contributed by atoms with Crippen LogP contribution >= 0.6 is 36.2 Å². The number of hydrogen-bond acceptors (Lipinski definition) is 4. The van der Waals surface area contributed by atoms with Gasteiger partial charge < -0.3 is 15.5 Å². The first-order valence-corrected chi connectivity index (χ1v) is 8.74. The van der Waals surface area contributed by atoms with E-state index in [0.29, 0.717) is 12.0 Å². The number of hydrogen-bond donors (Lipinski definition) is 2. The normalized spacial score (nSPS) is 22.8. The van der Waals surface area contributed by atoms with Crippen LogP contribution in [0.4, 0.5) is 0 Å². The maximum Gasteiger partial charge on any atom is 0.223 e. The molecule has 1 aromatic rings. The Morgan fingerprint density at radius 2 is 2.13 bits per heavy atom. The molecule has 0 aromatic carbocycles. The Morgan fingerprint density at radius 1 is 1.43 bits per heavy atom. The van der Waals surface area contributed by atoms with Gasteiger partial charge in [-0.3, -0.25) is 4.79 Å². The highest BCUT2D eigenvalue weighted by atomic mass is 35.5. The van der Waals surface area contributed by atoms with E-state index < -0.39 is 0 Å². The summed E-state index contributed by atoms with van der Waals surface area (Å²) in [5.41, 5.74) is 1.61. The summed E-state index contributed by atoms with van der Waals surface area (Å²) in [6, 6.07) is 2.41. The van der Waals surface area contributed by atoms with Gasteiger partial charge in [-0.05, 0) is 74.3 Å². The predicted molar refractivity (Wildman–Crippen MR) is 101 cm³/mol. The van der Waals surface area contributed by atoms with E-state index in [9.17, 15) is 4.79 Å². The van der Waals surface area contributed by atoms with Crippen LogP contribution in [0.1, 0.15) is 30.9 Å². The first-order chi connectivity index (χ1) is 10.1. The molecule has 3 rings (SSSR count). The van der Waals surface area contributed by atoms with Crippen molar-refractivity contribution < 1.29 is 4.79 Å². The summed E-state index contributed by atoms with van der Waals surface area (Å²) in [6.07, 6.45) is 3.41. The molecule has 1 aliphatic heterocycles. The number of rotatable bonds is 5. The number of amides is 1. The van der Waals surface area contributed by atoms with Crippen molar-refractivity contribution in [1.29, 1.82) is 0 Å². The van der Waals surface area contributed by atoms with Gasteiger partial charge in [-0.2, -0.15) is 11.3 Å². The van der Waals surface area contributed by atoms with Crippen molar-refractivity contribution in [2.24, 2.45) is 11.3 Å². The predicted octanol–water partition coefficient (Wildman–Crippen LogP) is 2.70. The first-order valence-electron chi connectivity index (χ1n) is 7.79. The van der Waals surface area contributed by atoms with Crippen LogP contribution in [0.2, 0.25) is 0 Å². The molecule has 2 heterocycles. The minimum atomic E-state index is 0. The lowest BCUT2D eigenvalue weighted by atomic mass is 9.92. The Kier molecular flexibility index (Phi) is 7.81. The highest BCUT2D eigenvalue weighted by Gasteiger charge is 2.57. The lowest BCUT2D eigenvalue weighted by Crippen LogP contribution is -2.37. The second kappa shape index (κ2) is 8.67. The molecule has 1 aliphatic carbocycles. The second-order valence-electron chi connectivity index (χ2n) is 6.65. The van der Waals surface area contributed by atoms with Gasteiger partial charge in [0.1, 0.15) is 0 Å². The number of piperidine rings is 1. The van der Waals surface area contributed by atoms with Crippen molar-refractivity contribution in [3.05, 3.63) is 22.4 Å². The van der Waals surface area contributed by atoms with Crippen molar-refractivity contribution >= 4 is 42.1 Å². The molecule has 132 valence electrons. The molecule has 23 heavy (non-hydrogen) atoms. The van der Waals surface area contributed by atoms with Crippen molar-refractivity contribution in [3.8, 4) is 0 Å². The number of thiophene rings is 1. The zero-order valence-corrected chi connectivity index (χ0v) is 16.2. The van der Waals surface area contributed by atoms with E-state index in [1.165, 1.54) is 5.56 Å². The summed E-state index contributed by atoms with van der Waals surface area (Å²) in [5.74, 6) is 0.517. The van der Waals surface area contributed by atoms with Gasteiger partial charge in [-0.15, -0.1) is 24.8 Å². The minimum absolute atomic E-state index is 0. The Balaban J connectivity index is 0.00000132. The highest BCUT2D eigenvalue weighted by Crippen LogP contribution is 2.58. The largest absolute Gasteiger partial charge is 0.354 e. The number of halogens is 2. The zero-order valence-electron chi connectivity index (χ0n) is 13.7. The summed E-state index contributed by atoms with van der Waals surface area (Å²) in [5, 5.41) is 10.8. The Labute approximate surface area is 155 Å². The monoisotopic (exact) mass is 379 g/mol. The summed E-state index contributed by atoms with van der Waals surface area (Å²) in [4.78, 5) is 14.6. The van der Waals surface area contributed by atoms with E-state index >= 15 is 0 Å². The molecular formula is C16H27Cl2N3OS. The van der Waals surface area contributed by atoms with Crippen molar-refractivity contribution in [2.45, 2.75) is 25.3 Å². The molecule has 1 aromatic heterocycles. The van der Waals surface area contributed by atoms with Crippen LogP contribution < -0.4 is 10.6 Å². The van der Waals surface area contributed by atoms with Gasteiger partial charge in [0.25, 0.3) is 0 Å². The fourth-order valence-corrected chi connectivity index (χ4v) is 4.29. The smallest absolute Gasteiger partial charge is 0.223 e. The van der Waals surface area contributed by atoms with Crippen LogP contribution in [0.15, 0.2) is 16.8 Å². The number of nitrogens with zero attached hydrogens (tertiary/aromatic N) is 1. The van der Waals surface area contributed by atoms with Gasteiger partial charge in [0.05, 0.1) is 6.04 Å². The van der Waals surface area contributed by atoms with Crippen LogP contribution in [0.3, 0.4) is 0 Å². The number of carbonyl (C=O) groups is 1. The van der Waals surface area contributed by atoms with Gasteiger partial charge in [0, 0.05) is 12.5 Å². The molecule has 2 atom stereocenters. The van der Waals surface area contributed by atoms with Crippen LogP contribution in [0, 0.1) is 11.3 Å². The molecule has 2 unspecified atom stereocenters. The molecular weight excluding hydrogens is 353 g/mol. The highest BCUT2D eigenvalue weighted by molar-refractivity contribution is 7.07. The van der Waals surface area contributed by atoms with Crippen LogP contribution in [0.5, 0.6) is 0 Å². The van der Waals surface area contributed by atoms with E-state index in [1.54, 1.807) is 11.3 Å². The number of carbonyl (C=O) groups excluding carboxylic acids is 1. The summed E-state index contributed by atoms with van der Waals surface area (Å²) < 4.78 is 0. The molecule has 7 heteroatoms. The standard InChI is InChI=1S/C16H25N3OS.2ClH/c1-19(2)14(12-3-8-21-11-12)10-18-15(20)13-9-16(13)4-6-17-7-5-16;;/h3,8,11,13-14,17H,4-7,9-10H2,1-2H3,(H,18,20);2*1H. The Morgan fingerprint density at radius 3 is 2.70 bits per heavy atom. The van der Waals surface area contributed by atoms with Crippen molar-refractivity contribution in [3.63, 3.8) is 0 Å². The minimum Gasteiger partial charge on any atom is -0.354 e. The van der Waals surface area contributed by atoms with Crippen LogP contribution in [-0.4, -0.2) is 44.5 Å². The molecule has 1 spiro atoms. The third-order valence-corrected chi connectivity index (χ3v) is 5.83. The number of nitrogens with one attached hydrogen (secondary N) is 2. The summed E-state index contributed by atoms with van der Waals surface area (Å²) >= 11 is 1.71. The van der Waals surface area contributed by atoms with Gasteiger partial charge in [-0.25, -0.2) is 0 Å². The quantitative estimate of drug-likeness (QED) is 0.826. The summed E-state index contributed by atoms with van der Waals surface area (Å²) in [6.45, 7) is 2.84. The van der Waals surface area contributed by atoms with Crippen molar-refractivity contribution in [2.75, 3.05) is 33.7 Å². The molecule has 0 bridgehead atoms. The van der Waals surface area contributed by atoms with Crippen LogP contribution in [0.25, 0.3) is 0 Å². The average molecular weight is 380 g/mol. The van der Waals surface area contributed by atoms with E-state index in [-0.39, 0.29) is 42.7 Å². The van der Waals surface area contributed by atoms with Crippen molar-refractivity contribution in [1.82, 2.24) is 15.5 Å². The molecule has 2 fully saturated rings. The fraction of sp³-hybridized carbons (Fsp3) is 0.688.